The van der Waals surface area contributed by atoms with E-state index in [2.05, 4.69) is 10.3 Å². The van der Waals surface area contributed by atoms with Crippen LogP contribution in [0.15, 0.2) is 42.5 Å². The molecule has 0 atom stereocenters. The maximum atomic E-state index is 13.7. The third-order valence-corrected chi connectivity index (χ3v) is 3.28. The summed E-state index contributed by atoms with van der Waals surface area (Å²) < 4.78 is 26.8. The van der Waals surface area contributed by atoms with Crippen molar-refractivity contribution >= 4 is 22.5 Å². The monoisotopic (exact) mass is 286 g/mol. The third kappa shape index (κ3) is 2.38. The highest BCUT2D eigenvalue weighted by atomic mass is 19.1. The van der Waals surface area contributed by atoms with Crippen molar-refractivity contribution in [3.05, 3.63) is 65.4 Å². The Hall–Kier alpha value is -2.69. The van der Waals surface area contributed by atoms with E-state index in [4.69, 9.17) is 0 Å². The second kappa shape index (κ2) is 5.01. The predicted molar refractivity (Wildman–Crippen MR) is 77.3 cm³/mol. The first-order valence-corrected chi connectivity index (χ1v) is 6.40. The van der Waals surface area contributed by atoms with Crippen molar-refractivity contribution in [1.82, 2.24) is 4.98 Å². The number of benzene rings is 2. The van der Waals surface area contributed by atoms with Crippen LogP contribution in [0.4, 0.5) is 14.5 Å². The zero-order chi connectivity index (χ0) is 15.0. The normalized spacial score (nSPS) is 10.8. The van der Waals surface area contributed by atoms with Crippen molar-refractivity contribution in [1.29, 1.82) is 0 Å². The Labute approximate surface area is 119 Å². The molecule has 0 radical (unpaired) electrons. The van der Waals surface area contributed by atoms with Crippen LogP contribution in [0.5, 0.6) is 0 Å². The van der Waals surface area contributed by atoms with Gasteiger partial charge in [-0.3, -0.25) is 4.79 Å². The number of nitrogens with one attached hydrogen (secondary N) is 2. The van der Waals surface area contributed by atoms with Crippen LogP contribution in [0, 0.1) is 18.6 Å². The lowest BCUT2D eigenvalue weighted by Gasteiger charge is -2.05. The highest BCUT2D eigenvalue weighted by Crippen LogP contribution is 2.25. The number of hydrogen-bond acceptors (Lipinski definition) is 1. The molecule has 106 valence electrons. The number of rotatable bonds is 2. The van der Waals surface area contributed by atoms with Crippen molar-refractivity contribution in [2.45, 2.75) is 6.92 Å². The second-order valence-electron chi connectivity index (χ2n) is 4.75. The van der Waals surface area contributed by atoms with E-state index in [9.17, 15) is 13.6 Å². The van der Waals surface area contributed by atoms with Gasteiger partial charge >= 0.3 is 0 Å². The fourth-order valence-corrected chi connectivity index (χ4v) is 2.36. The van der Waals surface area contributed by atoms with E-state index in [0.29, 0.717) is 27.8 Å². The van der Waals surface area contributed by atoms with E-state index in [1.807, 2.05) is 0 Å². The lowest BCUT2D eigenvalue weighted by molar-refractivity contribution is 0.102. The molecule has 0 aliphatic carbocycles. The number of anilines is 1. The SMILES string of the molecule is Cc1[nH]c2c(F)cccc2c1C(=O)Nc1cccc(F)c1. The number of para-hydroxylation sites is 1. The van der Waals surface area contributed by atoms with Crippen LogP contribution in [0.25, 0.3) is 10.9 Å². The number of aryl methyl sites for hydroxylation is 1. The summed E-state index contributed by atoms with van der Waals surface area (Å²) >= 11 is 0. The van der Waals surface area contributed by atoms with E-state index >= 15 is 0 Å². The average Bonchev–Trinajstić information content (AvgIpc) is 2.76. The van der Waals surface area contributed by atoms with Crippen molar-refractivity contribution in [3.8, 4) is 0 Å². The number of halogens is 2. The molecule has 0 saturated carbocycles. The molecule has 0 saturated heterocycles. The molecule has 0 bridgehead atoms. The number of carbonyl (C=O) groups is 1. The summed E-state index contributed by atoms with van der Waals surface area (Å²) in [5.41, 5.74) is 1.56. The van der Waals surface area contributed by atoms with Crippen molar-refractivity contribution in [2.24, 2.45) is 0 Å². The molecule has 2 aromatic carbocycles. The van der Waals surface area contributed by atoms with E-state index < -0.39 is 17.5 Å². The standard InChI is InChI=1S/C16H12F2N2O/c1-9-14(12-6-3-7-13(18)15(12)19-9)16(21)20-11-5-2-4-10(17)8-11/h2-8,19H,1H3,(H,20,21). The van der Waals surface area contributed by atoms with Gasteiger partial charge in [-0.2, -0.15) is 0 Å². The molecule has 1 aromatic heterocycles. The highest BCUT2D eigenvalue weighted by molar-refractivity contribution is 6.14. The number of hydrogen-bond donors (Lipinski definition) is 2. The first-order chi connectivity index (χ1) is 10.1. The van der Waals surface area contributed by atoms with Crippen LogP contribution in [0.1, 0.15) is 16.1 Å². The summed E-state index contributed by atoms with van der Waals surface area (Å²) in [4.78, 5) is 15.2. The van der Waals surface area contributed by atoms with Crippen molar-refractivity contribution in [2.75, 3.05) is 5.32 Å². The number of fused-ring (bicyclic) bond motifs is 1. The number of aromatic amines is 1. The molecule has 3 nitrogen and oxygen atoms in total. The maximum absolute atomic E-state index is 13.7. The second-order valence-corrected chi connectivity index (χ2v) is 4.75. The molecule has 0 spiro atoms. The Balaban J connectivity index is 2.02. The van der Waals surface area contributed by atoms with Crippen molar-refractivity contribution < 1.29 is 13.6 Å². The Morgan fingerprint density at radius 3 is 2.67 bits per heavy atom. The Bertz CT molecular complexity index is 839. The number of carbonyl (C=O) groups excluding carboxylic acids is 1. The third-order valence-electron chi connectivity index (χ3n) is 3.28. The van der Waals surface area contributed by atoms with Crippen LogP contribution < -0.4 is 5.32 Å². The van der Waals surface area contributed by atoms with Crippen LogP contribution >= 0.6 is 0 Å². The summed E-state index contributed by atoms with van der Waals surface area (Å²) in [7, 11) is 0. The van der Waals surface area contributed by atoms with Gasteiger partial charge < -0.3 is 10.3 Å². The van der Waals surface area contributed by atoms with Gasteiger partial charge in [-0.1, -0.05) is 18.2 Å². The fraction of sp³-hybridized carbons (Fsp3) is 0.0625. The van der Waals surface area contributed by atoms with E-state index in [1.54, 1.807) is 25.1 Å². The molecular formula is C16H12F2N2O. The van der Waals surface area contributed by atoms with Crippen LogP contribution in [0.3, 0.4) is 0 Å². The zero-order valence-electron chi connectivity index (χ0n) is 11.2. The topological polar surface area (TPSA) is 44.9 Å². The number of amides is 1. The van der Waals surface area contributed by atoms with Gasteiger partial charge in [-0.25, -0.2) is 8.78 Å². The molecule has 0 unspecified atom stereocenters. The average molecular weight is 286 g/mol. The van der Waals surface area contributed by atoms with Gasteiger partial charge in [0.15, 0.2) is 0 Å². The molecule has 0 aliphatic heterocycles. The summed E-state index contributed by atoms with van der Waals surface area (Å²) in [6.07, 6.45) is 0. The molecule has 3 aromatic rings. The minimum Gasteiger partial charge on any atom is -0.356 e. The van der Waals surface area contributed by atoms with Crippen molar-refractivity contribution in [3.63, 3.8) is 0 Å². The van der Waals surface area contributed by atoms with Gasteiger partial charge in [0.05, 0.1) is 11.1 Å². The van der Waals surface area contributed by atoms with E-state index in [0.717, 1.165) is 0 Å². The lowest BCUT2D eigenvalue weighted by atomic mass is 10.1. The predicted octanol–water partition coefficient (Wildman–Crippen LogP) is 4.01. The quantitative estimate of drug-likeness (QED) is 0.734. The van der Waals surface area contributed by atoms with Crippen LogP contribution in [-0.4, -0.2) is 10.9 Å². The van der Waals surface area contributed by atoms with Crippen LogP contribution in [0.2, 0.25) is 0 Å². The molecule has 5 heteroatoms. The van der Waals surface area contributed by atoms with E-state index in [-0.39, 0.29) is 0 Å². The first-order valence-electron chi connectivity index (χ1n) is 6.40. The minimum atomic E-state index is -0.436. The van der Waals surface area contributed by atoms with Gasteiger partial charge in [-0.15, -0.1) is 0 Å². The first kappa shape index (κ1) is 13.3. The molecule has 21 heavy (non-hydrogen) atoms. The largest absolute Gasteiger partial charge is 0.356 e. The molecule has 3 rings (SSSR count). The van der Waals surface area contributed by atoms with Crippen LogP contribution in [-0.2, 0) is 0 Å². The summed E-state index contributed by atoms with van der Waals surface area (Å²) in [5, 5.41) is 3.12. The van der Waals surface area contributed by atoms with Gasteiger partial charge in [0.1, 0.15) is 11.6 Å². The Kier molecular flexibility index (Phi) is 3.17. The Morgan fingerprint density at radius 1 is 1.14 bits per heavy atom. The van der Waals surface area contributed by atoms with Gasteiger partial charge in [0, 0.05) is 16.8 Å². The smallest absolute Gasteiger partial charge is 0.258 e. The number of H-pyrrole nitrogens is 1. The molecule has 1 amide bonds. The van der Waals surface area contributed by atoms with Gasteiger partial charge in [0.2, 0.25) is 0 Å². The molecular weight excluding hydrogens is 274 g/mol. The summed E-state index contributed by atoms with van der Waals surface area (Å²) in [6.45, 7) is 1.69. The van der Waals surface area contributed by atoms with Gasteiger partial charge in [0.25, 0.3) is 5.91 Å². The molecule has 2 N–H and O–H groups in total. The summed E-state index contributed by atoms with van der Waals surface area (Å²) in [5.74, 6) is -1.26. The number of aromatic nitrogens is 1. The highest BCUT2D eigenvalue weighted by Gasteiger charge is 2.17. The Morgan fingerprint density at radius 2 is 1.90 bits per heavy atom. The molecule has 0 aliphatic rings. The minimum absolute atomic E-state index is 0.291. The summed E-state index contributed by atoms with van der Waals surface area (Å²) in [6, 6.07) is 10.2. The maximum Gasteiger partial charge on any atom is 0.258 e. The lowest BCUT2D eigenvalue weighted by Crippen LogP contribution is -2.12. The molecule has 1 heterocycles. The van der Waals surface area contributed by atoms with E-state index in [1.165, 1.54) is 24.3 Å². The molecule has 0 fully saturated rings. The fourth-order valence-electron chi connectivity index (χ4n) is 2.36. The zero-order valence-corrected chi connectivity index (χ0v) is 11.2. The van der Waals surface area contributed by atoms with Gasteiger partial charge in [-0.05, 0) is 31.2 Å².